The molecule has 0 bridgehead atoms. The predicted molar refractivity (Wildman–Crippen MR) is 91.5 cm³/mol. The van der Waals surface area contributed by atoms with Crippen LogP contribution in [-0.4, -0.2) is 11.7 Å². The molecule has 0 radical (unpaired) electrons. The molecule has 2 N–H and O–H groups in total. The first-order valence-corrected chi connectivity index (χ1v) is 7.33. The lowest BCUT2D eigenvalue weighted by molar-refractivity contribution is 0.262. The maximum Gasteiger partial charge on any atom is 0.323 e. The zero-order chi connectivity index (χ0) is 15.7. The summed E-state index contributed by atoms with van der Waals surface area (Å²) in [7, 11) is 0. The van der Waals surface area contributed by atoms with Crippen molar-refractivity contribution < 1.29 is 4.79 Å². The van der Waals surface area contributed by atoms with Crippen LogP contribution in [-0.2, 0) is 6.42 Å². The highest BCUT2D eigenvalue weighted by Gasteiger charge is 2.12. The minimum absolute atomic E-state index is 0.247. The SMILES string of the molecule is CC1=Nc2cc(NC(=O)Nc3cc(C)cc(C)c3)ccc2C1. The monoisotopic (exact) mass is 293 g/mol. The van der Waals surface area contributed by atoms with E-state index in [0.29, 0.717) is 0 Å². The second-order valence-corrected chi connectivity index (χ2v) is 5.82. The summed E-state index contributed by atoms with van der Waals surface area (Å²) >= 11 is 0. The number of hydrogen-bond donors (Lipinski definition) is 2. The van der Waals surface area contributed by atoms with Crippen molar-refractivity contribution in [1.29, 1.82) is 0 Å². The van der Waals surface area contributed by atoms with Crippen LogP contribution in [0, 0.1) is 13.8 Å². The summed E-state index contributed by atoms with van der Waals surface area (Å²) < 4.78 is 0. The summed E-state index contributed by atoms with van der Waals surface area (Å²) in [5.74, 6) is 0. The average Bonchev–Trinajstić information content (AvgIpc) is 2.76. The number of amides is 2. The Kier molecular flexibility index (Phi) is 3.67. The van der Waals surface area contributed by atoms with Crippen LogP contribution in [0.15, 0.2) is 41.4 Å². The van der Waals surface area contributed by atoms with Crippen LogP contribution >= 0.6 is 0 Å². The van der Waals surface area contributed by atoms with E-state index in [1.165, 1.54) is 5.56 Å². The van der Waals surface area contributed by atoms with Gasteiger partial charge >= 0.3 is 6.03 Å². The number of urea groups is 1. The van der Waals surface area contributed by atoms with Gasteiger partial charge in [-0.3, -0.25) is 4.99 Å². The molecule has 2 amide bonds. The molecule has 0 atom stereocenters. The molecule has 0 aliphatic carbocycles. The Morgan fingerprint density at radius 3 is 2.36 bits per heavy atom. The molecule has 22 heavy (non-hydrogen) atoms. The van der Waals surface area contributed by atoms with Gasteiger partial charge in [0.25, 0.3) is 0 Å². The molecule has 4 nitrogen and oxygen atoms in total. The van der Waals surface area contributed by atoms with Crippen molar-refractivity contribution in [3.05, 3.63) is 53.1 Å². The van der Waals surface area contributed by atoms with Gasteiger partial charge in [0.05, 0.1) is 5.69 Å². The molecule has 4 heteroatoms. The van der Waals surface area contributed by atoms with E-state index in [1.54, 1.807) is 0 Å². The van der Waals surface area contributed by atoms with Crippen LogP contribution in [0.4, 0.5) is 21.9 Å². The van der Waals surface area contributed by atoms with Gasteiger partial charge in [0.1, 0.15) is 0 Å². The third-order valence-electron chi connectivity index (χ3n) is 3.58. The Morgan fingerprint density at radius 1 is 0.955 bits per heavy atom. The number of benzene rings is 2. The van der Waals surface area contributed by atoms with E-state index >= 15 is 0 Å². The largest absolute Gasteiger partial charge is 0.323 e. The molecule has 1 aliphatic heterocycles. The van der Waals surface area contributed by atoms with E-state index in [0.717, 1.165) is 40.3 Å². The molecule has 0 unspecified atom stereocenters. The third kappa shape index (κ3) is 3.17. The molecule has 112 valence electrons. The van der Waals surface area contributed by atoms with E-state index in [-0.39, 0.29) is 6.03 Å². The van der Waals surface area contributed by atoms with Gasteiger partial charge in [0.2, 0.25) is 0 Å². The van der Waals surface area contributed by atoms with Gasteiger partial charge in [-0.25, -0.2) is 4.79 Å². The molecule has 0 spiro atoms. The van der Waals surface area contributed by atoms with Gasteiger partial charge in [-0.15, -0.1) is 0 Å². The number of carbonyl (C=O) groups is 1. The number of aliphatic imine (C=N–C) groups is 1. The van der Waals surface area contributed by atoms with Gasteiger partial charge in [0.15, 0.2) is 0 Å². The Morgan fingerprint density at radius 2 is 1.64 bits per heavy atom. The smallest absolute Gasteiger partial charge is 0.308 e. The second-order valence-electron chi connectivity index (χ2n) is 5.82. The molecule has 2 aromatic rings. The van der Waals surface area contributed by atoms with Gasteiger partial charge in [0, 0.05) is 23.5 Å². The van der Waals surface area contributed by atoms with Gasteiger partial charge in [-0.2, -0.15) is 0 Å². The van der Waals surface area contributed by atoms with Gasteiger partial charge in [-0.1, -0.05) is 12.1 Å². The molecule has 0 aromatic heterocycles. The molecule has 1 heterocycles. The Labute approximate surface area is 130 Å². The maximum atomic E-state index is 12.1. The number of anilines is 2. The lowest BCUT2D eigenvalue weighted by atomic mass is 10.1. The van der Waals surface area contributed by atoms with E-state index in [2.05, 4.69) is 21.7 Å². The number of rotatable bonds is 2. The number of nitrogens with one attached hydrogen (secondary N) is 2. The third-order valence-corrected chi connectivity index (χ3v) is 3.58. The number of carbonyl (C=O) groups excluding carboxylic acids is 1. The molecule has 0 saturated carbocycles. The minimum Gasteiger partial charge on any atom is -0.308 e. The molecule has 0 saturated heterocycles. The quantitative estimate of drug-likeness (QED) is 0.835. The fourth-order valence-corrected chi connectivity index (χ4v) is 2.76. The highest BCUT2D eigenvalue weighted by molar-refractivity contribution is 6.00. The maximum absolute atomic E-state index is 12.1. The standard InChI is InChI=1S/C18H19N3O/c1-11-6-12(2)8-16(7-11)21-18(22)20-15-5-4-14-9-13(3)19-17(14)10-15/h4-8,10H,9H2,1-3H3,(H2,20,21,22). The molecule has 3 rings (SSSR count). The first kappa shape index (κ1) is 14.3. The lowest BCUT2D eigenvalue weighted by Gasteiger charge is -2.10. The average molecular weight is 293 g/mol. The van der Waals surface area contributed by atoms with Crippen LogP contribution < -0.4 is 10.6 Å². The summed E-state index contributed by atoms with van der Waals surface area (Å²) in [6.07, 6.45) is 0.893. The van der Waals surface area contributed by atoms with E-state index < -0.39 is 0 Å². The van der Waals surface area contributed by atoms with Crippen LogP contribution in [0.3, 0.4) is 0 Å². The molecule has 1 aliphatic rings. The van der Waals surface area contributed by atoms with Crippen molar-refractivity contribution >= 4 is 28.8 Å². The number of aryl methyl sites for hydroxylation is 2. The van der Waals surface area contributed by atoms with Crippen LogP contribution in [0.25, 0.3) is 0 Å². The molecular weight excluding hydrogens is 274 g/mol. The van der Waals surface area contributed by atoms with Crippen molar-refractivity contribution in [3.8, 4) is 0 Å². The summed E-state index contributed by atoms with van der Waals surface area (Å²) in [6.45, 7) is 6.04. The Bertz CT molecular complexity index is 758. The van der Waals surface area contributed by atoms with E-state index in [4.69, 9.17) is 0 Å². The van der Waals surface area contributed by atoms with Gasteiger partial charge in [-0.05, 0) is 61.7 Å². The van der Waals surface area contributed by atoms with Crippen LogP contribution in [0.2, 0.25) is 0 Å². The minimum atomic E-state index is -0.247. The topological polar surface area (TPSA) is 53.5 Å². The van der Waals surface area contributed by atoms with Crippen LogP contribution in [0.5, 0.6) is 0 Å². The summed E-state index contributed by atoms with van der Waals surface area (Å²) in [5.41, 5.74) is 7.05. The van der Waals surface area contributed by atoms with Crippen molar-refractivity contribution in [2.24, 2.45) is 4.99 Å². The van der Waals surface area contributed by atoms with Crippen LogP contribution in [0.1, 0.15) is 23.6 Å². The van der Waals surface area contributed by atoms with Crippen molar-refractivity contribution in [1.82, 2.24) is 0 Å². The summed E-state index contributed by atoms with van der Waals surface area (Å²) in [4.78, 5) is 16.6. The lowest BCUT2D eigenvalue weighted by Crippen LogP contribution is -2.19. The highest BCUT2D eigenvalue weighted by Crippen LogP contribution is 2.29. The van der Waals surface area contributed by atoms with E-state index in [1.807, 2.05) is 51.1 Å². The first-order valence-electron chi connectivity index (χ1n) is 7.33. The molecule has 2 aromatic carbocycles. The van der Waals surface area contributed by atoms with Crippen molar-refractivity contribution in [3.63, 3.8) is 0 Å². The highest BCUT2D eigenvalue weighted by atomic mass is 16.2. The molecular formula is C18H19N3O. The van der Waals surface area contributed by atoms with Crippen molar-refractivity contribution in [2.75, 3.05) is 10.6 Å². The number of hydrogen-bond acceptors (Lipinski definition) is 2. The summed E-state index contributed by atoms with van der Waals surface area (Å²) in [6, 6.07) is 11.6. The van der Waals surface area contributed by atoms with Gasteiger partial charge < -0.3 is 10.6 Å². The Balaban J connectivity index is 1.71. The predicted octanol–water partition coefficient (Wildman–Crippen LogP) is 4.60. The fraction of sp³-hybridized carbons (Fsp3) is 0.222. The molecule has 0 fully saturated rings. The zero-order valence-corrected chi connectivity index (χ0v) is 13.0. The zero-order valence-electron chi connectivity index (χ0n) is 13.0. The summed E-state index contributed by atoms with van der Waals surface area (Å²) in [5, 5.41) is 5.72. The fourth-order valence-electron chi connectivity index (χ4n) is 2.76. The van der Waals surface area contributed by atoms with Crippen molar-refractivity contribution in [2.45, 2.75) is 27.2 Å². The normalized spacial score (nSPS) is 12.6. The van der Waals surface area contributed by atoms with E-state index in [9.17, 15) is 4.79 Å². The number of nitrogens with zero attached hydrogens (tertiary/aromatic N) is 1. The first-order chi connectivity index (χ1) is 10.5. The second kappa shape index (κ2) is 5.64. The Hall–Kier alpha value is -2.62. The number of fused-ring (bicyclic) bond motifs is 1.